The Bertz CT molecular complexity index is 2620. The molecule has 6 aromatic rings. The molecule has 2 saturated heterocycles. The number of aromatic nitrogens is 2. The molecule has 11 nitrogen and oxygen atoms in total. The summed E-state index contributed by atoms with van der Waals surface area (Å²) in [4.78, 5) is 52.4. The number of benzene rings is 4. The minimum atomic E-state index is -0.107. The number of nitrogens with one attached hydrogen (secondary N) is 2. The average molecular weight is 821 g/mol. The molecule has 2 aromatic heterocycles. The molecule has 296 valence electrons. The molecular weight excluding hydrogens is 781 g/mol. The number of amidine groups is 2. The Kier molecular flexibility index (Phi) is 12.1. The number of nitrogens with zero attached hydrogens (tertiary/aromatic N) is 4. The number of rotatable bonds is 8. The van der Waals surface area contributed by atoms with Gasteiger partial charge in [-0.25, -0.2) is 0 Å². The summed E-state index contributed by atoms with van der Waals surface area (Å²) in [6, 6.07) is 36.3. The molecule has 2 aliphatic heterocycles. The van der Waals surface area contributed by atoms with E-state index in [1.165, 1.54) is 34.7 Å². The second-order valence-corrected chi connectivity index (χ2v) is 16.1. The van der Waals surface area contributed by atoms with Crippen LogP contribution in [0.2, 0.25) is 0 Å². The molecule has 0 bridgehead atoms. The van der Waals surface area contributed by atoms with Crippen molar-refractivity contribution in [1.82, 2.24) is 20.6 Å². The Hall–Kier alpha value is -6.31. The smallest absolute Gasteiger partial charge is 0.264 e. The van der Waals surface area contributed by atoms with E-state index in [0.717, 1.165) is 63.2 Å². The van der Waals surface area contributed by atoms with Gasteiger partial charge in [0, 0.05) is 40.6 Å². The highest BCUT2D eigenvalue weighted by molar-refractivity contribution is 8.18. The number of carbonyl (C=O) groups excluding carboxylic acids is 3. The van der Waals surface area contributed by atoms with E-state index in [4.69, 9.17) is 14.5 Å². The molecular formula is C46H40N6O5S2. The van der Waals surface area contributed by atoms with Crippen LogP contribution in [0.3, 0.4) is 0 Å². The van der Waals surface area contributed by atoms with Crippen LogP contribution in [0.5, 0.6) is 11.5 Å². The van der Waals surface area contributed by atoms with Crippen LogP contribution in [0.1, 0.15) is 51.7 Å². The van der Waals surface area contributed by atoms with Crippen molar-refractivity contribution in [2.24, 2.45) is 9.98 Å². The van der Waals surface area contributed by atoms with Gasteiger partial charge in [-0.1, -0.05) is 78.5 Å². The number of amides is 2. The fraction of sp³-hybridized carbons (Fsp3) is 0.196. The van der Waals surface area contributed by atoms with Gasteiger partial charge >= 0.3 is 0 Å². The number of hydrogen-bond acceptors (Lipinski definition) is 11. The first-order valence-corrected chi connectivity index (χ1v) is 20.9. The van der Waals surface area contributed by atoms with E-state index >= 15 is 0 Å². The number of hydrogen-bond donors (Lipinski definition) is 2. The lowest BCUT2D eigenvalue weighted by atomic mass is 10.1. The van der Waals surface area contributed by atoms with Gasteiger partial charge in [0.15, 0.2) is 10.3 Å². The monoisotopic (exact) mass is 820 g/mol. The highest BCUT2D eigenvalue weighted by Crippen LogP contribution is 2.45. The third kappa shape index (κ3) is 9.70. The highest BCUT2D eigenvalue weighted by Gasteiger charge is 2.40. The summed E-state index contributed by atoms with van der Waals surface area (Å²) in [5, 5.41) is 8.93. The molecule has 10 rings (SSSR count). The fourth-order valence-electron chi connectivity index (χ4n) is 6.90. The largest absolute Gasteiger partial charge is 0.496 e. The lowest BCUT2D eigenvalue weighted by molar-refractivity contribution is -0.117. The van der Waals surface area contributed by atoms with Crippen LogP contribution in [-0.2, 0) is 9.59 Å². The maximum absolute atomic E-state index is 12.4. The van der Waals surface area contributed by atoms with Gasteiger partial charge in [0.2, 0.25) is 5.91 Å². The van der Waals surface area contributed by atoms with Crippen molar-refractivity contribution >= 4 is 79.8 Å². The molecule has 2 aliphatic carbocycles. The maximum atomic E-state index is 12.4. The summed E-state index contributed by atoms with van der Waals surface area (Å²) >= 11 is 2.90. The molecule has 0 spiro atoms. The molecule has 2 amide bonds. The van der Waals surface area contributed by atoms with Crippen LogP contribution in [0.4, 0.5) is 0 Å². The molecule has 2 N–H and O–H groups in total. The van der Waals surface area contributed by atoms with Crippen molar-refractivity contribution in [2.45, 2.75) is 36.8 Å². The Labute approximate surface area is 349 Å². The standard InChI is InChI=1S/C23H19N3O2S.C12H12N2OS.C11H9NO2/c1-28-20-9-10-24-18-8-7-14(11-17(18)20)12-21-22(27)26-23(29-21)25-19-13-16(19)15-5-3-2-4-6-15;15-11-7-16-12(14-11)13-10-6-9(10)8-4-2-1-3-5-8;1-14-11-4-5-12-10-3-2-8(7-13)6-9(10)11/h2-12,16,19H,13H2,1H3,(H,25,26,27);1-5,9-10H,6-7H2,(H,13,14,15);2-7H,1H3/b21-12-;;/t16-,19+;9-,10+;/m11./s1. The molecule has 0 unspecified atom stereocenters. The zero-order valence-electron chi connectivity index (χ0n) is 32.3. The lowest BCUT2D eigenvalue weighted by Crippen LogP contribution is -2.20. The fourth-order valence-corrected chi connectivity index (χ4v) is 8.51. The van der Waals surface area contributed by atoms with E-state index in [1.807, 2.05) is 48.5 Å². The summed E-state index contributed by atoms with van der Waals surface area (Å²) in [5.41, 5.74) is 5.91. The van der Waals surface area contributed by atoms with Crippen molar-refractivity contribution < 1.29 is 23.9 Å². The van der Waals surface area contributed by atoms with E-state index in [1.54, 1.807) is 44.8 Å². The average Bonchev–Trinajstić information content (AvgIpc) is 4.16. The molecule has 4 atom stereocenters. The number of pyridine rings is 2. The molecule has 4 heterocycles. The number of carbonyl (C=O) groups is 3. The number of ether oxygens (including phenoxy) is 2. The van der Waals surface area contributed by atoms with E-state index in [0.29, 0.717) is 39.3 Å². The van der Waals surface area contributed by atoms with Gasteiger partial charge in [-0.3, -0.25) is 34.3 Å². The Morgan fingerprint density at radius 1 is 0.678 bits per heavy atom. The molecule has 4 aromatic carbocycles. The molecule has 0 radical (unpaired) electrons. The predicted molar refractivity (Wildman–Crippen MR) is 236 cm³/mol. The minimum absolute atomic E-state index is 0.0701. The van der Waals surface area contributed by atoms with Gasteiger partial charge in [0.1, 0.15) is 17.8 Å². The van der Waals surface area contributed by atoms with Crippen molar-refractivity contribution in [3.63, 3.8) is 0 Å². The molecule has 2 saturated carbocycles. The van der Waals surface area contributed by atoms with E-state index < -0.39 is 0 Å². The topological polar surface area (TPSA) is 144 Å². The first kappa shape index (κ1) is 39.5. The van der Waals surface area contributed by atoms with Crippen molar-refractivity contribution in [3.05, 3.63) is 149 Å². The summed E-state index contributed by atoms with van der Waals surface area (Å²) in [7, 11) is 3.24. The molecule has 4 aliphatic rings. The molecule has 4 fully saturated rings. The van der Waals surface area contributed by atoms with Crippen molar-refractivity contribution in [3.8, 4) is 11.5 Å². The maximum Gasteiger partial charge on any atom is 0.264 e. The normalized spacial score (nSPS) is 22.2. The van der Waals surface area contributed by atoms with Gasteiger partial charge in [0.25, 0.3) is 5.91 Å². The third-order valence-corrected chi connectivity index (χ3v) is 11.9. The van der Waals surface area contributed by atoms with E-state index in [9.17, 15) is 14.4 Å². The zero-order valence-corrected chi connectivity index (χ0v) is 33.9. The van der Waals surface area contributed by atoms with Crippen LogP contribution in [0, 0.1) is 0 Å². The van der Waals surface area contributed by atoms with Crippen LogP contribution in [0.25, 0.3) is 27.9 Å². The predicted octanol–water partition coefficient (Wildman–Crippen LogP) is 8.18. The molecule has 13 heteroatoms. The quantitative estimate of drug-likeness (QED) is 0.115. The Morgan fingerprint density at radius 2 is 1.22 bits per heavy atom. The van der Waals surface area contributed by atoms with Gasteiger partial charge in [-0.05, 0) is 89.8 Å². The van der Waals surface area contributed by atoms with Crippen LogP contribution in [0.15, 0.2) is 136 Å². The first-order chi connectivity index (χ1) is 28.9. The second kappa shape index (κ2) is 18.1. The summed E-state index contributed by atoms with van der Waals surface area (Å²) in [6.45, 7) is 0. The highest BCUT2D eigenvalue weighted by atomic mass is 32.2. The number of thioether (sulfide) groups is 2. The number of fused-ring (bicyclic) bond motifs is 2. The lowest BCUT2D eigenvalue weighted by Gasteiger charge is -2.05. The summed E-state index contributed by atoms with van der Waals surface area (Å²) in [5.74, 6) is 2.98. The van der Waals surface area contributed by atoms with Gasteiger partial charge in [-0.2, -0.15) is 0 Å². The van der Waals surface area contributed by atoms with E-state index in [2.05, 4.69) is 74.1 Å². The van der Waals surface area contributed by atoms with Gasteiger partial charge < -0.3 is 20.1 Å². The molecule has 59 heavy (non-hydrogen) atoms. The Balaban J connectivity index is 0.000000136. The van der Waals surface area contributed by atoms with E-state index in [-0.39, 0.29) is 17.9 Å². The Morgan fingerprint density at radius 3 is 1.75 bits per heavy atom. The van der Waals surface area contributed by atoms with Gasteiger partial charge in [0.05, 0.1) is 48.0 Å². The SMILES string of the molecule is COc1ccnc2ccc(/C=C3\SC(=N[C@H]4C[C@@H]4c4ccccc4)NC3=O)cc12.COc1ccnc2ccc(C=O)cc12.O=C1CSC(=N[C@H]2C[C@@H]2c2ccccc2)N1. The van der Waals surface area contributed by atoms with Gasteiger partial charge in [-0.15, -0.1) is 0 Å². The van der Waals surface area contributed by atoms with Crippen molar-refractivity contribution in [1.29, 1.82) is 0 Å². The van der Waals surface area contributed by atoms with Crippen LogP contribution in [-0.4, -0.2) is 70.5 Å². The third-order valence-electron chi connectivity index (χ3n) is 10.1. The first-order valence-electron chi connectivity index (χ1n) is 19.1. The van der Waals surface area contributed by atoms with Crippen LogP contribution < -0.4 is 20.1 Å². The second-order valence-electron chi connectivity index (χ2n) is 14.1. The number of methoxy groups -OCH3 is 2. The minimum Gasteiger partial charge on any atom is -0.496 e. The number of aldehydes is 1. The zero-order chi connectivity index (χ0) is 40.7. The summed E-state index contributed by atoms with van der Waals surface area (Å²) in [6.07, 6.45) is 8.23. The number of aliphatic imine (C=N–C) groups is 2. The summed E-state index contributed by atoms with van der Waals surface area (Å²) < 4.78 is 10.6. The van der Waals surface area contributed by atoms with Crippen molar-refractivity contribution in [2.75, 3.05) is 20.0 Å². The van der Waals surface area contributed by atoms with Crippen LogP contribution >= 0.6 is 23.5 Å².